The highest BCUT2D eigenvalue weighted by Crippen LogP contribution is 2.23. The molecule has 0 amide bonds. The van der Waals surface area contributed by atoms with Gasteiger partial charge >= 0.3 is 0 Å². The second-order valence-corrected chi connectivity index (χ2v) is 3.35. The van der Waals surface area contributed by atoms with Crippen LogP contribution in [-0.4, -0.2) is 18.1 Å². The van der Waals surface area contributed by atoms with Crippen LogP contribution in [0.1, 0.15) is 13.8 Å². The van der Waals surface area contributed by atoms with E-state index < -0.39 is 0 Å². The molecule has 0 aliphatic heterocycles. The predicted octanol–water partition coefficient (Wildman–Crippen LogP) is 2.69. The summed E-state index contributed by atoms with van der Waals surface area (Å²) in [6.07, 6.45) is 3.67. The summed E-state index contributed by atoms with van der Waals surface area (Å²) in [5.41, 5.74) is 1.17. The van der Waals surface area contributed by atoms with Crippen LogP contribution in [-0.2, 0) is 0 Å². The highest BCUT2D eigenvalue weighted by Gasteiger charge is 2.04. The maximum Gasteiger partial charge on any atom is 0.0696 e. The summed E-state index contributed by atoms with van der Waals surface area (Å²) in [6, 6.07) is 1.97. The van der Waals surface area contributed by atoms with E-state index in [-0.39, 0.29) is 0 Å². The van der Waals surface area contributed by atoms with E-state index in [1.165, 1.54) is 5.69 Å². The highest BCUT2D eigenvalue weighted by molar-refractivity contribution is 9.10. The van der Waals surface area contributed by atoms with Crippen molar-refractivity contribution in [2.75, 3.05) is 18.0 Å². The minimum Gasteiger partial charge on any atom is -0.370 e. The van der Waals surface area contributed by atoms with Gasteiger partial charge in [-0.25, -0.2) is 0 Å². The second-order valence-electron chi connectivity index (χ2n) is 2.50. The molecular weight excluding hydrogens is 216 g/mol. The quantitative estimate of drug-likeness (QED) is 0.792. The molecular formula is C9H13BrN2. The monoisotopic (exact) mass is 228 g/mol. The fourth-order valence-corrected chi connectivity index (χ4v) is 1.64. The first-order valence-electron chi connectivity index (χ1n) is 4.14. The van der Waals surface area contributed by atoms with Crippen LogP contribution >= 0.6 is 15.9 Å². The van der Waals surface area contributed by atoms with E-state index in [0.29, 0.717) is 0 Å². The topological polar surface area (TPSA) is 16.1 Å². The van der Waals surface area contributed by atoms with Crippen molar-refractivity contribution in [1.29, 1.82) is 0 Å². The fourth-order valence-electron chi connectivity index (χ4n) is 1.17. The summed E-state index contributed by atoms with van der Waals surface area (Å²) >= 11 is 3.50. The summed E-state index contributed by atoms with van der Waals surface area (Å²) in [7, 11) is 0. The van der Waals surface area contributed by atoms with E-state index in [2.05, 4.69) is 39.7 Å². The van der Waals surface area contributed by atoms with E-state index in [1.807, 2.05) is 12.3 Å². The van der Waals surface area contributed by atoms with Gasteiger partial charge < -0.3 is 4.90 Å². The minimum absolute atomic E-state index is 1.01. The SMILES string of the molecule is CCN(CC)c1cnccc1Br. The van der Waals surface area contributed by atoms with Gasteiger partial charge in [-0.2, -0.15) is 0 Å². The summed E-state index contributed by atoms with van der Waals surface area (Å²) in [4.78, 5) is 6.35. The molecule has 0 fully saturated rings. The number of aromatic nitrogens is 1. The number of anilines is 1. The molecule has 0 aliphatic rings. The molecule has 66 valence electrons. The third-order valence-corrected chi connectivity index (χ3v) is 2.52. The van der Waals surface area contributed by atoms with Gasteiger partial charge in [0.25, 0.3) is 0 Å². The van der Waals surface area contributed by atoms with Gasteiger partial charge in [0.2, 0.25) is 0 Å². The van der Waals surface area contributed by atoms with Gasteiger partial charge in [-0.15, -0.1) is 0 Å². The molecule has 0 radical (unpaired) electrons. The molecule has 0 saturated carbocycles. The predicted molar refractivity (Wildman–Crippen MR) is 55.5 cm³/mol. The Labute approximate surface area is 81.7 Å². The Kier molecular flexibility index (Phi) is 3.53. The van der Waals surface area contributed by atoms with Gasteiger partial charge in [0.15, 0.2) is 0 Å². The van der Waals surface area contributed by atoms with E-state index >= 15 is 0 Å². The number of nitrogens with zero attached hydrogens (tertiary/aromatic N) is 2. The zero-order valence-electron chi connectivity index (χ0n) is 7.42. The molecule has 0 N–H and O–H groups in total. The highest BCUT2D eigenvalue weighted by atomic mass is 79.9. The van der Waals surface area contributed by atoms with Crippen molar-refractivity contribution in [1.82, 2.24) is 4.98 Å². The molecule has 1 aromatic heterocycles. The smallest absolute Gasteiger partial charge is 0.0696 e. The summed E-state index contributed by atoms with van der Waals surface area (Å²) in [6.45, 7) is 6.31. The van der Waals surface area contributed by atoms with Crippen LogP contribution in [0.5, 0.6) is 0 Å². The van der Waals surface area contributed by atoms with Crippen molar-refractivity contribution in [3.8, 4) is 0 Å². The van der Waals surface area contributed by atoms with E-state index in [0.717, 1.165) is 17.6 Å². The van der Waals surface area contributed by atoms with Crippen LogP contribution < -0.4 is 4.90 Å². The van der Waals surface area contributed by atoms with Gasteiger partial charge in [-0.05, 0) is 35.8 Å². The number of hydrogen-bond acceptors (Lipinski definition) is 2. The average Bonchev–Trinajstić information content (AvgIpc) is 2.10. The van der Waals surface area contributed by atoms with Crippen LogP contribution in [0.15, 0.2) is 22.9 Å². The summed E-state index contributed by atoms with van der Waals surface area (Å²) in [5.74, 6) is 0. The van der Waals surface area contributed by atoms with Crippen molar-refractivity contribution in [3.05, 3.63) is 22.9 Å². The van der Waals surface area contributed by atoms with Crippen molar-refractivity contribution >= 4 is 21.6 Å². The molecule has 1 aromatic rings. The van der Waals surface area contributed by atoms with Gasteiger partial charge in [-0.3, -0.25) is 4.98 Å². The fraction of sp³-hybridized carbons (Fsp3) is 0.444. The van der Waals surface area contributed by atoms with Crippen molar-refractivity contribution in [2.24, 2.45) is 0 Å². The van der Waals surface area contributed by atoms with Gasteiger partial charge in [0.05, 0.1) is 11.9 Å². The summed E-state index contributed by atoms with van der Waals surface area (Å²) < 4.78 is 1.11. The molecule has 3 heteroatoms. The number of rotatable bonds is 3. The molecule has 12 heavy (non-hydrogen) atoms. The molecule has 0 saturated heterocycles. The molecule has 1 rings (SSSR count). The first-order valence-corrected chi connectivity index (χ1v) is 4.93. The average molecular weight is 229 g/mol. The lowest BCUT2D eigenvalue weighted by molar-refractivity contribution is 0.860. The third kappa shape index (κ3) is 1.97. The Morgan fingerprint density at radius 2 is 2.08 bits per heavy atom. The molecule has 0 aliphatic carbocycles. The molecule has 0 aromatic carbocycles. The number of halogens is 1. The van der Waals surface area contributed by atoms with Gasteiger partial charge in [-0.1, -0.05) is 0 Å². The van der Waals surface area contributed by atoms with E-state index in [4.69, 9.17) is 0 Å². The zero-order valence-corrected chi connectivity index (χ0v) is 9.00. The minimum atomic E-state index is 1.01. The molecule has 0 bridgehead atoms. The maximum absolute atomic E-state index is 4.09. The number of pyridine rings is 1. The molecule has 1 heterocycles. The molecule has 0 spiro atoms. The first kappa shape index (κ1) is 9.52. The lowest BCUT2D eigenvalue weighted by Crippen LogP contribution is -2.22. The molecule has 2 nitrogen and oxygen atoms in total. The van der Waals surface area contributed by atoms with Gasteiger partial charge in [0, 0.05) is 23.8 Å². The van der Waals surface area contributed by atoms with Crippen LogP contribution in [0.3, 0.4) is 0 Å². The lowest BCUT2D eigenvalue weighted by atomic mass is 10.3. The Hall–Kier alpha value is -0.570. The van der Waals surface area contributed by atoms with E-state index in [1.54, 1.807) is 6.20 Å². The largest absolute Gasteiger partial charge is 0.370 e. The first-order chi connectivity index (χ1) is 5.79. The van der Waals surface area contributed by atoms with Crippen LogP contribution in [0.25, 0.3) is 0 Å². The molecule has 0 unspecified atom stereocenters. The van der Waals surface area contributed by atoms with E-state index in [9.17, 15) is 0 Å². The third-order valence-electron chi connectivity index (χ3n) is 1.85. The standard InChI is InChI=1S/C9H13BrN2/c1-3-12(4-2)9-7-11-6-5-8(9)10/h5-7H,3-4H2,1-2H3. The van der Waals surface area contributed by atoms with Crippen LogP contribution in [0, 0.1) is 0 Å². The van der Waals surface area contributed by atoms with Crippen molar-refractivity contribution in [3.63, 3.8) is 0 Å². The summed E-state index contributed by atoms with van der Waals surface area (Å²) in [5, 5.41) is 0. The van der Waals surface area contributed by atoms with Crippen molar-refractivity contribution in [2.45, 2.75) is 13.8 Å². The maximum atomic E-state index is 4.09. The van der Waals surface area contributed by atoms with Crippen LogP contribution in [0.2, 0.25) is 0 Å². The zero-order chi connectivity index (χ0) is 8.97. The Balaban J connectivity index is 2.92. The Morgan fingerprint density at radius 3 is 2.58 bits per heavy atom. The van der Waals surface area contributed by atoms with Crippen molar-refractivity contribution < 1.29 is 0 Å². The Morgan fingerprint density at radius 1 is 1.42 bits per heavy atom. The number of hydrogen-bond donors (Lipinski definition) is 0. The Bertz CT molecular complexity index is 246. The van der Waals surface area contributed by atoms with Crippen LogP contribution in [0.4, 0.5) is 5.69 Å². The normalized spacial score (nSPS) is 9.92. The lowest BCUT2D eigenvalue weighted by Gasteiger charge is -2.21. The molecule has 0 atom stereocenters. The van der Waals surface area contributed by atoms with Gasteiger partial charge in [0.1, 0.15) is 0 Å². The second kappa shape index (κ2) is 4.45.